The van der Waals surface area contributed by atoms with E-state index >= 15 is 0 Å². The van der Waals surface area contributed by atoms with Gasteiger partial charge in [0.2, 0.25) is 0 Å². The van der Waals surface area contributed by atoms with Crippen LogP contribution in [-0.2, 0) is 31.0 Å². The Bertz CT molecular complexity index is 340. The minimum atomic E-state index is 0. The summed E-state index contributed by atoms with van der Waals surface area (Å²) < 4.78 is 27.6. The van der Waals surface area contributed by atoms with E-state index in [-0.39, 0.29) is 17.1 Å². The van der Waals surface area contributed by atoms with Crippen molar-refractivity contribution in [2.24, 2.45) is 0 Å². The third-order valence-corrected chi connectivity index (χ3v) is 1.83. The molecule has 106 valence electrons. The molecule has 1 rings (SSSR count). The molecule has 4 nitrogen and oxygen atoms in total. The molecule has 0 spiro atoms. The third-order valence-electron chi connectivity index (χ3n) is 1.83. The molecule has 0 bridgehead atoms. The number of ether oxygens (including phenoxy) is 1. The first kappa shape index (κ1) is 27.2. The van der Waals surface area contributed by atoms with Crippen molar-refractivity contribution in [1.82, 2.24) is 0 Å². The van der Waals surface area contributed by atoms with Gasteiger partial charge in [0.05, 0.1) is 7.11 Å². The Balaban J connectivity index is -0.000000162. The average Bonchev–Trinajstić information content (AvgIpc) is 2.53. The Hall–Kier alpha value is -1.24. The van der Waals surface area contributed by atoms with Gasteiger partial charge in [-0.25, -0.2) is 0 Å². The Morgan fingerprint density at radius 1 is 1.05 bits per heavy atom. The van der Waals surface area contributed by atoms with Gasteiger partial charge in [-0.05, 0) is 37.5 Å². The van der Waals surface area contributed by atoms with Crippen LogP contribution in [0.1, 0.15) is 12.5 Å². The summed E-state index contributed by atoms with van der Waals surface area (Å²) in [5.41, 5.74) is 1.12. The summed E-state index contributed by atoms with van der Waals surface area (Å²) in [6, 6.07) is 7.87. The molecular weight excluding hydrogens is 300 g/mol. The molecule has 1 aromatic rings. The van der Waals surface area contributed by atoms with Gasteiger partial charge in [0.15, 0.2) is 0 Å². The van der Waals surface area contributed by atoms with E-state index in [0.717, 1.165) is 17.2 Å². The molecule has 0 saturated heterocycles. The fourth-order valence-corrected chi connectivity index (χ4v) is 1.10. The van der Waals surface area contributed by atoms with E-state index in [9.17, 15) is 0 Å². The molecule has 0 unspecified atom stereocenters. The molecule has 0 atom stereocenters. The third kappa shape index (κ3) is 13.2. The molecule has 4 radical (unpaired) electrons. The van der Waals surface area contributed by atoms with E-state index in [2.05, 4.69) is 26.9 Å². The van der Waals surface area contributed by atoms with Crippen LogP contribution in [0.4, 0.5) is 0 Å². The van der Waals surface area contributed by atoms with Gasteiger partial charge in [0.1, 0.15) is 5.75 Å². The molecule has 0 aliphatic carbocycles. The Labute approximate surface area is 131 Å². The van der Waals surface area contributed by atoms with Gasteiger partial charge in [0, 0.05) is 23.0 Å². The van der Waals surface area contributed by atoms with Crippen molar-refractivity contribution in [2.75, 3.05) is 7.11 Å². The van der Waals surface area contributed by atoms with Crippen LogP contribution in [0, 0.1) is 45.6 Å². The van der Waals surface area contributed by atoms with Crippen LogP contribution in [0.5, 0.6) is 5.75 Å². The molecule has 1 aromatic carbocycles. The first-order chi connectivity index (χ1) is 9.27. The maximum absolute atomic E-state index is 7.50. The van der Waals surface area contributed by atoms with Crippen molar-refractivity contribution < 1.29 is 35.8 Å². The van der Waals surface area contributed by atoms with Crippen molar-refractivity contribution in [3.05, 3.63) is 75.5 Å². The van der Waals surface area contributed by atoms with Crippen molar-refractivity contribution in [3.8, 4) is 5.75 Å². The van der Waals surface area contributed by atoms with Crippen molar-refractivity contribution in [3.63, 3.8) is 0 Å². The fourth-order valence-electron chi connectivity index (χ4n) is 1.10. The van der Waals surface area contributed by atoms with Gasteiger partial charge in [-0.15, -0.1) is 0 Å². The number of hydrogen-bond acceptors (Lipinski definition) is 1. The Kier molecular flexibility index (Phi) is 31.1. The van der Waals surface area contributed by atoms with Gasteiger partial charge in [-0.3, -0.25) is 0 Å². The SMILES string of the molecule is [C-]#[O+].[C-]#[O+].[C-]#[O+].[CH2][C]([CH][CH]C)c1ccc(OC)cc1.[Fe]. The van der Waals surface area contributed by atoms with Crippen molar-refractivity contribution in [2.45, 2.75) is 6.92 Å². The van der Waals surface area contributed by atoms with Gasteiger partial charge < -0.3 is 4.74 Å². The van der Waals surface area contributed by atoms with E-state index in [1.165, 1.54) is 0 Å². The molecule has 20 heavy (non-hydrogen) atoms. The number of hydrogen-bond donors (Lipinski definition) is 0. The number of benzene rings is 1. The quantitative estimate of drug-likeness (QED) is 0.478. The number of methoxy groups -OCH3 is 1. The van der Waals surface area contributed by atoms with Crippen LogP contribution in [0.3, 0.4) is 0 Å². The molecule has 0 heterocycles. The van der Waals surface area contributed by atoms with Crippen LogP contribution < -0.4 is 4.74 Å². The zero-order valence-electron chi connectivity index (χ0n) is 11.2. The van der Waals surface area contributed by atoms with Crippen LogP contribution in [0.25, 0.3) is 0 Å². The molecule has 0 aliphatic heterocycles. The second-order valence-electron chi connectivity index (χ2n) is 2.75. The summed E-state index contributed by atoms with van der Waals surface area (Å²) in [6.07, 6.45) is 3.97. The minimum absolute atomic E-state index is 0. The van der Waals surface area contributed by atoms with E-state index in [4.69, 9.17) is 18.7 Å². The van der Waals surface area contributed by atoms with Gasteiger partial charge >= 0.3 is 33.9 Å². The summed E-state index contributed by atoms with van der Waals surface area (Å²) >= 11 is 0. The normalized spacial score (nSPS) is 7.10. The van der Waals surface area contributed by atoms with Crippen molar-refractivity contribution in [1.29, 1.82) is 0 Å². The predicted molar refractivity (Wildman–Crippen MR) is 66.8 cm³/mol. The van der Waals surface area contributed by atoms with Crippen LogP contribution in [-0.4, -0.2) is 7.11 Å². The van der Waals surface area contributed by atoms with Gasteiger partial charge in [0.25, 0.3) is 0 Å². The topological polar surface area (TPSA) is 68.9 Å². The molecular formula is C15H14FeO4. The predicted octanol–water partition coefficient (Wildman–Crippen LogP) is 2.77. The Morgan fingerprint density at radius 2 is 1.45 bits per heavy atom. The minimum Gasteiger partial charge on any atom is -0.497 e. The first-order valence-electron chi connectivity index (χ1n) is 4.85. The molecule has 0 aliphatic rings. The summed E-state index contributed by atoms with van der Waals surface area (Å²) in [5, 5.41) is 0. The molecule has 0 aromatic heterocycles. The maximum Gasteiger partial charge on any atom is 0.118 e. The zero-order chi connectivity index (χ0) is 15.7. The molecule has 0 saturated carbocycles. The summed E-state index contributed by atoms with van der Waals surface area (Å²) in [6.45, 7) is 19.4. The smallest absolute Gasteiger partial charge is 0.118 e. The second-order valence-corrected chi connectivity index (χ2v) is 2.75. The van der Waals surface area contributed by atoms with Crippen LogP contribution >= 0.6 is 0 Å². The van der Waals surface area contributed by atoms with Crippen molar-refractivity contribution >= 4 is 0 Å². The zero-order valence-corrected chi connectivity index (χ0v) is 12.3. The molecule has 0 amide bonds. The van der Waals surface area contributed by atoms with Crippen LogP contribution in [0.2, 0.25) is 0 Å². The van der Waals surface area contributed by atoms with E-state index in [1.54, 1.807) is 7.11 Å². The largest absolute Gasteiger partial charge is 0.497 e. The van der Waals surface area contributed by atoms with Crippen LogP contribution in [0.15, 0.2) is 24.3 Å². The molecule has 0 fully saturated rings. The van der Waals surface area contributed by atoms with Gasteiger partial charge in [-0.1, -0.05) is 19.1 Å². The summed E-state index contributed by atoms with van der Waals surface area (Å²) in [5.74, 6) is 1.89. The van der Waals surface area contributed by atoms with Gasteiger partial charge in [-0.2, -0.15) is 0 Å². The van der Waals surface area contributed by atoms with E-state index in [0.29, 0.717) is 0 Å². The maximum atomic E-state index is 7.50. The Morgan fingerprint density at radius 3 is 1.75 bits per heavy atom. The first-order valence-corrected chi connectivity index (χ1v) is 4.85. The van der Waals surface area contributed by atoms with E-state index in [1.807, 2.05) is 44.0 Å². The molecule has 0 N–H and O–H groups in total. The monoisotopic (exact) mass is 314 g/mol. The summed E-state index contributed by atoms with van der Waals surface area (Å²) in [4.78, 5) is 0. The number of rotatable bonds is 4. The molecule has 5 heteroatoms. The standard InChI is InChI=1S/C12H14O.3CO.Fe/c1-4-5-10(2)11-6-8-12(13-3)9-7-11;3*1-2;/h4-9H,2H2,1,3H3;;;;. The second kappa shape index (κ2) is 22.9. The average molecular weight is 314 g/mol. The van der Waals surface area contributed by atoms with E-state index < -0.39 is 0 Å². The fraction of sp³-hybridized carbons (Fsp3) is 0.133. The summed E-state index contributed by atoms with van der Waals surface area (Å²) in [7, 11) is 1.66.